The Bertz CT molecular complexity index is 867. The van der Waals surface area contributed by atoms with Gasteiger partial charge in [0.05, 0.1) is 13.5 Å². The molecule has 0 aliphatic carbocycles. The van der Waals surface area contributed by atoms with Gasteiger partial charge in [0.1, 0.15) is 5.75 Å². The molecule has 1 aliphatic rings. The number of hydrogen-bond donors (Lipinski definition) is 1. The lowest BCUT2D eigenvalue weighted by molar-refractivity contribution is -0.119. The van der Waals surface area contributed by atoms with Crippen molar-refractivity contribution in [3.05, 3.63) is 52.5 Å². The maximum absolute atomic E-state index is 12.4. The molecule has 3 rings (SSSR count). The summed E-state index contributed by atoms with van der Waals surface area (Å²) in [6.45, 7) is 2.77. The molecular formula is C21H23ClN2O3. The summed E-state index contributed by atoms with van der Waals surface area (Å²) in [5, 5.41) is 3.43. The topological polar surface area (TPSA) is 58.6 Å². The summed E-state index contributed by atoms with van der Waals surface area (Å²) in [7, 11) is 1.57. The number of benzene rings is 2. The molecule has 6 heteroatoms. The maximum Gasteiger partial charge on any atom is 0.228 e. The van der Waals surface area contributed by atoms with Crippen LogP contribution in [0.15, 0.2) is 36.4 Å². The zero-order valence-corrected chi connectivity index (χ0v) is 16.3. The third-order valence-electron chi connectivity index (χ3n) is 4.62. The zero-order valence-electron chi connectivity index (χ0n) is 15.5. The molecule has 0 saturated carbocycles. The van der Waals surface area contributed by atoms with Gasteiger partial charge in [-0.15, -0.1) is 0 Å². The summed E-state index contributed by atoms with van der Waals surface area (Å²) in [4.78, 5) is 26.4. The Hall–Kier alpha value is -2.53. The van der Waals surface area contributed by atoms with E-state index in [4.69, 9.17) is 16.3 Å². The van der Waals surface area contributed by atoms with Gasteiger partial charge in [0.25, 0.3) is 0 Å². The van der Waals surface area contributed by atoms with E-state index in [0.29, 0.717) is 30.2 Å². The second-order valence-electron chi connectivity index (χ2n) is 6.57. The summed E-state index contributed by atoms with van der Waals surface area (Å²) >= 11 is 6.21. The average Bonchev–Trinajstić information content (AvgIpc) is 2.65. The van der Waals surface area contributed by atoms with Gasteiger partial charge in [-0.3, -0.25) is 9.59 Å². The Morgan fingerprint density at radius 3 is 2.74 bits per heavy atom. The van der Waals surface area contributed by atoms with Gasteiger partial charge in [-0.1, -0.05) is 24.6 Å². The van der Waals surface area contributed by atoms with Crippen molar-refractivity contribution in [2.75, 3.05) is 23.9 Å². The summed E-state index contributed by atoms with van der Waals surface area (Å²) in [5.41, 5.74) is 3.51. The van der Waals surface area contributed by atoms with Crippen molar-refractivity contribution in [1.29, 1.82) is 0 Å². The minimum Gasteiger partial charge on any atom is -0.497 e. The van der Waals surface area contributed by atoms with Crippen molar-refractivity contribution in [2.24, 2.45) is 0 Å². The molecule has 2 amide bonds. The Kier molecular flexibility index (Phi) is 6.01. The number of ether oxygens (including phenoxy) is 1. The van der Waals surface area contributed by atoms with Crippen LogP contribution in [0, 0.1) is 0 Å². The van der Waals surface area contributed by atoms with E-state index < -0.39 is 0 Å². The van der Waals surface area contributed by atoms with E-state index in [1.54, 1.807) is 25.3 Å². The fourth-order valence-corrected chi connectivity index (χ4v) is 3.52. The molecule has 0 fully saturated rings. The number of methoxy groups -OCH3 is 1. The minimum atomic E-state index is -0.140. The summed E-state index contributed by atoms with van der Waals surface area (Å²) in [6, 6.07) is 11.0. The molecule has 5 nitrogen and oxygen atoms in total. The monoisotopic (exact) mass is 386 g/mol. The minimum absolute atomic E-state index is 0.140. The number of fused-ring (bicyclic) bond motifs is 1. The molecular weight excluding hydrogens is 364 g/mol. The molecule has 0 spiro atoms. The second kappa shape index (κ2) is 8.44. The molecule has 27 heavy (non-hydrogen) atoms. The predicted molar refractivity (Wildman–Crippen MR) is 108 cm³/mol. The standard InChI is InChI=1S/C21H23ClN2O3/c1-3-10-24-19-8-6-16(11-15(19)5-9-21(24)26)23-20(25)12-14-4-7-17(27-2)13-18(14)22/h4,6-8,11,13H,3,5,9-10,12H2,1-2H3,(H,23,25). The molecule has 1 aliphatic heterocycles. The van der Waals surface area contributed by atoms with Crippen molar-refractivity contribution in [1.82, 2.24) is 0 Å². The molecule has 0 unspecified atom stereocenters. The van der Waals surface area contributed by atoms with Crippen LogP contribution in [0.2, 0.25) is 5.02 Å². The number of halogens is 1. The van der Waals surface area contributed by atoms with Crippen LogP contribution in [0.5, 0.6) is 5.75 Å². The first kappa shape index (κ1) is 19.2. The van der Waals surface area contributed by atoms with E-state index >= 15 is 0 Å². The van der Waals surface area contributed by atoms with Crippen molar-refractivity contribution in [2.45, 2.75) is 32.6 Å². The van der Waals surface area contributed by atoms with Crippen molar-refractivity contribution >= 4 is 34.8 Å². The number of hydrogen-bond acceptors (Lipinski definition) is 3. The number of carbonyl (C=O) groups excluding carboxylic acids is 2. The first-order valence-electron chi connectivity index (χ1n) is 9.07. The number of anilines is 2. The van der Waals surface area contributed by atoms with Crippen LogP contribution in [0.25, 0.3) is 0 Å². The molecule has 1 N–H and O–H groups in total. The number of carbonyl (C=O) groups is 2. The highest BCUT2D eigenvalue weighted by Crippen LogP contribution is 2.30. The molecule has 2 aromatic rings. The van der Waals surface area contributed by atoms with Gasteiger partial charge in [0.15, 0.2) is 0 Å². The molecule has 0 saturated heterocycles. The zero-order chi connectivity index (χ0) is 19.4. The summed E-state index contributed by atoms with van der Waals surface area (Å²) < 4.78 is 5.12. The lowest BCUT2D eigenvalue weighted by atomic mass is 10.00. The lowest BCUT2D eigenvalue weighted by Crippen LogP contribution is -2.35. The highest BCUT2D eigenvalue weighted by Gasteiger charge is 2.23. The molecule has 142 valence electrons. The van der Waals surface area contributed by atoms with Crippen LogP contribution in [-0.4, -0.2) is 25.5 Å². The second-order valence-corrected chi connectivity index (χ2v) is 6.98. The largest absolute Gasteiger partial charge is 0.497 e. The van der Waals surface area contributed by atoms with Crippen LogP contribution in [0.3, 0.4) is 0 Å². The van der Waals surface area contributed by atoms with Crippen LogP contribution in [-0.2, 0) is 22.4 Å². The van der Waals surface area contributed by atoms with E-state index in [-0.39, 0.29) is 18.2 Å². The first-order chi connectivity index (χ1) is 13.0. The third-order valence-corrected chi connectivity index (χ3v) is 4.97. The Morgan fingerprint density at radius 1 is 1.22 bits per heavy atom. The third kappa shape index (κ3) is 4.42. The molecule has 1 heterocycles. The van der Waals surface area contributed by atoms with Crippen LogP contribution in [0.4, 0.5) is 11.4 Å². The van der Waals surface area contributed by atoms with Crippen molar-refractivity contribution in [3.63, 3.8) is 0 Å². The van der Waals surface area contributed by atoms with Gasteiger partial charge in [-0.2, -0.15) is 0 Å². The highest BCUT2D eigenvalue weighted by molar-refractivity contribution is 6.31. The van der Waals surface area contributed by atoms with Gasteiger partial charge in [0.2, 0.25) is 11.8 Å². The molecule has 0 radical (unpaired) electrons. The molecule has 0 atom stereocenters. The smallest absolute Gasteiger partial charge is 0.228 e. The number of nitrogens with zero attached hydrogens (tertiary/aromatic N) is 1. The van der Waals surface area contributed by atoms with E-state index in [1.807, 2.05) is 23.1 Å². The van der Waals surface area contributed by atoms with E-state index in [2.05, 4.69) is 12.2 Å². The highest BCUT2D eigenvalue weighted by atomic mass is 35.5. The Labute approximate surface area is 164 Å². The van der Waals surface area contributed by atoms with Gasteiger partial charge in [0, 0.05) is 29.4 Å². The SMILES string of the molecule is CCCN1C(=O)CCc2cc(NC(=O)Cc3ccc(OC)cc3Cl)ccc21. The quantitative estimate of drug-likeness (QED) is 0.808. The van der Waals surface area contributed by atoms with Crippen LogP contribution >= 0.6 is 11.6 Å². The Morgan fingerprint density at radius 2 is 2.04 bits per heavy atom. The van der Waals surface area contributed by atoms with Crippen LogP contribution in [0.1, 0.15) is 30.9 Å². The fraction of sp³-hybridized carbons (Fsp3) is 0.333. The van der Waals surface area contributed by atoms with Crippen LogP contribution < -0.4 is 15.0 Å². The number of aryl methyl sites for hydroxylation is 1. The number of nitrogens with one attached hydrogen (secondary N) is 1. The van der Waals surface area contributed by atoms with Gasteiger partial charge < -0.3 is 15.0 Å². The van der Waals surface area contributed by atoms with Gasteiger partial charge >= 0.3 is 0 Å². The molecule has 2 aromatic carbocycles. The molecule has 0 aromatic heterocycles. The van der Waals surface area contributed by atoms with Crippen molar-refractivity contribution in [3.8, 4) is 5.75 Å². The van der Waals surface area contributed by atoms with Crippen molar-refractivity contribution < 1.29 is 14.3 Å². The summed E-state index contributed by atoms with van der Waals surface area (Å²) in [5.74, 6) is 0.680. The fourth-order valence-electron chi connectivity index (χ4n) is 3.28. The number of amides is 2. The van der Waals surface area contributed by atoms with E-state index in [0.717, 1.165) is 28.9 Å². The average molecular weight is 387 g/mol. The number of rotatable bonds is 6. The van der Waals surface area contributed by atoms with Gasteiger partial charge in [-0.25, -0.2) is 0 Å². The van der Waals surface area contributed by atoms with Gasteiger partial charge in [-0.05, 0) is 54.3 Å². The normalized spacial score (nSPS) is 13.3. The predicted octanol–water partition coefficient (Wildman–Crippen LogP) is 4.22. The van der Waals surface area contributed by atoms with E-state index in [9.17, 15) is 9.59 Å². The first-order valence-corrected chi connectivity index (χ1v) is 9.45. The Balaban J connectivity index is 1.71. The van der Waals surface area contributed by atoms with E-state index in [1.165, 1.54) is 0 Å². The molecule has 0 bridgehead atoms. The maximum atomic E-state index is 12.4. The lowest BCUT2D eigenvalue weighted by Gasteiger charge is -2.29. The summed E-state index contributed by atoms with van der Waals surface area (Å²) in [6.07, 6.45) is 2.29.